The summed E-state index contributed by atoms with van der Waals surface area (Å²) in [6.45, 7) is 0. The largest absolute Gasteiger partial charge is 0.389 e. The lowest BCUT2D eigenvalue weighted by atomic mass is 9.63. The van der Waals surface area contributed by atoms with E-state index < -0.39 is 34.5 Å². The number of urea groups is 1. The van der Waals surface area contributed by atoms with Gasteiger partial charge in [0.2, 0.25) is 5.91 Å². The zero-order valence-corrected chi connectivity index (χ0v) is 27.3. The van der Waals surface area contributed by atoms with Crippen molar-refractivity contribution in [3.8, 4) is 0 Å². The van der Waals surface area contributed by atoms with Crippen LogP contribution in [0.3, 0.4) is 0 Å². The molecule has 4 aromatic carbocycles. The normalized spacial score (nSPS) is 25.3. The van der Waals surface area contributed by atoms with E-state index in [1.165, 1.54) is 0 Å². The van der Waals surface area contributed by atoms with Crippen LogP contribution < -0.4 is 11.1 Å². The Bertz CT molecular complexity index is 1760. The van der Waals surface area contributed by atoms with Gasteiger partial charge in [-0.1, -0.05) is 136 Å². The molecule has 6 heteroatoms. The number of nitrogens with one attached hydrogen (secondary N) is 1. The molecule has 3 amide bonds. The van der Waals surface area contributed by atoms with Gasteiger partial charge in [0.1, 0.15) is 0 Å². The Morgan fingerprint density at radius 1 is 0.638 bits per heavy atom. The number of imide groups is 1. The van der Waals surface area contributed by atoms with E-state index in [4.69, 9.17) is 5.73 Å². The first kappa shape index (κ1) is 31.8. The molecular weight excluding hydrogens is 584 g/mol. The number of amides is 3. The SMILES string of the molecule is NC(=O)NC(=O)C1([C@H](c2cccc3ccccc23)C2(O)CCCCCC2)CC1[C@@H](c1cccc2ccccc12)C1(O)CCCCCC1. The van der Waals surface area contributed by atoms with Gasteiger partial charge in [-0.3, -0.25) is 10.1 Å². The predicted molar refractivity (Wildman–Crippen MR) is 187 cm³/mol. The van der Waals surface area contributed by atoms with Gasteiger partial charge < -0.3 is 15.9 Å². The molecule has 0 aliphatic heterocycles. The van der Waals surface area contributed by atoms with Crippen molar-refractivity contribution in [3.05, 3.63) is 96.1 Å². The summed E-state index contributed by atoms with van der Waals surface area (Å²) < 4.78 is 0. The molecule has 0 saturated heterocycles. The maximum absolute atomic E-state index is 14.8. The molecule has 4 atom stereocenters. The average Bonchev–Trinajstić information content (AvgIpc) is 3.86. The Morgan fingerprint density at radius 3 is 1.66 bits per heavy atom. The third-order valence-corrected chi connectivity index (χ3v) is 12.0. The van der Waals surface area contributed by atoms with Gasteiger partial charge in [0, 0.05) is 11.8 Å². The fraction of sp³-hybridized carbons (Fsp3) is 0.463. The van der Waals surface area contributed by atoms with E-state index in [0.29, 0.717) is 32.1 Å². The van der Waals surface area contributed by atoms with Gasteiger partial charge in [0.05, 0.1) is 16.6 Å². The Kier molecular flexibility index (Phi) is 8.60. The van der Waals surface area contributed by atoms with Gasteiger partial charge in [0.25, 0.3) is 0 Å². The summed E-state index contributed by atoms with van der Waals surface area (Å²) in [5.74, 6) is -1.74. The molecule has 0 aromatic heterocycles. The van der Waals surface area contributed by atoms with Crippen LogP contribution in [0.2, 0.25) is 0 Å². The summed E-state index contributed by atoms with van der Waals surface area (Å²) in [4.78, 5) is 27.3. The number of aliphatic hydroxyl groups is 2. The van der Waals surface area contributed by atoms with Gasteiger partial charge in [-0.25, -0.2) is 4.79 Å². The third kappa shape index (κ3) is 5.74. The van der Waals surface area contributed by atoms with Crippen LogP contribution in [0.4, 0.5) is 4.79 Å². The van der Waals surface area contributed by atoms with Crippen molar-refractivity contribution in [2.75, 3.05) is 0 Å². The number of hydrogen-bond donors (Lipinski definition) is 4. The summed E-state index contributed by atoms with van der Waals surface area (Å²) in [6, 6.07) is 28.0. The highest BCUT2D eigenvalue weighted by atomic mass is 16.3. The van der Waals surface area contributed by atoms with Crippen LogP contribution in [-0.2, 0) is 4.79 Å². The highest BCUT2D eigenvalue weighted by Gasteiger charge is 2.72. The topological polar surface area (TPSA) is 113 Å². The molecule has 2 unspecified atom stereocenters. The molecule has 3 aliphatic carbocycles. The molecule has 4 aromatic rings. The number of hydrogen-bond acceptors (Lipinski definition) is 4. The number of fused-ring (bicyclic) bond motifs is 2. The molecule has 47 heavy (non-hydrogen) atoms. The maximum atomic E-state index is 14.8. The van der Waals surface area contributed by atoms with E-state index in [-0.39, 0.29) is 11.8 Å². The predicted octanol–water partition coefficient (Wildman–Crippen LogP) is 8.23. The van der Waals surface area contributed by atoms with Gasteiger partial charge in [0.15, 0.2) is 0 Å². The zero-order valence-electron chi connectivity index (χ0n) is 27.3. The van der Waals surface area contributed by atoms with Crippen molar-refractivity contribution in [1.29, 1.82) is 0 Å². The first-order valence-electron chi connectivity index (χ1n) is 17.8. The minimum Gasteiger partial charge on any atom is -0.389 e. The molecule has 3 fully saturated rings. The zero-order chi connectivity index (χ0) is 32.6. The Hall–Kier alpha value is -3.74. The number of carbonyl (C=O) groups excluding carboxylic acids is 2. The second-order valence-corrected chi connectivity index (χ2v) is 14.8. The quantitative estimate of drug-likeness (QED) is 0.154. The van der Waals surface area contributed by atoms with Crippen LogP contribution in [0.1, 0.15) is 106 Å². The molecular formula is C41H48N2O4. The van der Waals surface area contributed by atoms with Crippen molar-refractivity contribution in [1.82, 2.24) is 5.32 Å². The number of primary amides is 1. The van der Waals surface area contributed by atoms with E-state index in [1.807, 2.05) is 30.3 Å². The van der Waals surface area contributed by atoms with E-state index in [1.54, 1.807) is 0 Å². The summed E-state index contributed by atoms with van der Waals surface area (Å²) >= 11 is 0. The van der Waals surface area contributed by atoms with Gasteiger partial charge in [-0.05, 0) is 70.7 Å². The highest BCUT2D eigenvalue weighted by Crippen LogP contribution is 2.72. The van der Waals surface area contributed by atoms with E-state index >= 15 is 0 Å². The lowest BCUT2D eigenvalue weighted by Crippen LogP contribution is -2.51. The van der Waals surface area contributed by atoms with Crippen LogP contribution in [-0.4, -0.2) is 33.4 Å². The van der Waals surface area contributed by atoms with Gasteiger partial charge in [-0.15, -0.1) is 0 Å². The summed E-state index contributed by atoms with van der Waals surface area (Å²) in [6.07, 6.45) is 10.7. The summed E-state index contributed by atoms with van der Waals surface area (Å²) in [5.41, 5.74) is 4.27. The maximum Gasteiger partial charge on any atom is 0.318 e. The second kappa shape index (κ2) is 12.7. The molecule has 3 saturated carbocycles. The molecule has 7 rings (SSSR count). The molecule has 5 N–H and O–H groups in total. The van der Waals surface area contributed by atoms with E-state index in [2.05, 4.69) is 59.9 Å². The van der Waals surface area contributed by atoms with Crippen LogP contribution in [0.5, 0.6) is 0 Å². The standard InChI is InChI=1S/C41H48N2O4/c42-38(45)43-37(44)41(36(40(47)25-11-3-4-12-26-40)33-22-14-18-29-16-6-8-20-31(29)33)27-34(41)35(39(46)23-9-1-2-10-24-39)32-21-13-17-28-15-5-7-19-30(28)32/h5-8,13-22,34-36,46-47H,1-4,9-12,23-27H2,(H3,42,43,44,45)/t34?,35-,36-,41?/m1/s1. The van der Waals surface area contributed by atoms with Crippen molar-refractivity contribution < 1.29 is 19.8 Å². The van der Waals surface area contributed by atoms with E-state index in [9.17, 15) is 19.8 Å². The highest BCUT2D eigenvalue weighted by molar-refractivity contribution is 6.00. The van der Waals surface area contributed by atoms with Crippen LogP contribution in [0.15, 0.2) is 84.9 Å². The summed E-state index contributed by atoms with van der Waals surface area (Å²) in [7, 11) is 0. The molecule has 246 valence electrons. The molecule has 6 nitrogen and oxygen atoms in total. The molecule has 0 bridgehead atoms. The number of carbonyl (C=O) groups is 2. The molecule has 0 heterocycles. The Balaban J connectivity index is 1.48. The molecule has 0 spiro atoms. The summed E-state index contributed by atoms with van der Waals surface area (Å²) in [5, 5.41) is 32.6. The Labute approximate surface area is 277 Å². The smallest absolute Gasteiger partial charge is 0.318 e. The van der Waals surface area contributed by atoms with Crippen molar-refractivity contribution in [3.63, 3.8) is 0 Å². The number of nitrogens with two attached hydrogens (primary N) is 1. The Morgan fingerprint density at radius 2 is 1.11 bits per heavy atom. The first-order chi connectivity index (χ1) is 22.8. The van der Waals surface area contributed by atoms with Crippen molar-refractivity contribution in [2.45, 2.75) is 107 Å². The van der Waals surface area contributed by atoms with E-state index in [0.717, 1.165) is 84.0 Å². The number of benzene rings is 4. The fourth-order valence-electron chi connectivity index (χ4n) is 9.90. The minimum atomic E-state index is -1.18. The number of rotatable bonds is 7. The molecule has 0 radical (unpaired) electrons. The lowest BCUT2D eigenvalue weighted by Gasteiger charge is -2.44. The third-order valence-electron chi connectivity index (χ3n) is 12.0. The van der Waals surface area contributed by atoms with Crippen LogP contribution >= 0.6 is 0 Å². The lowest BCUT2D eigenvalue weighted by molar-refractivity contribution is -0.132. The first-order valence-corrected chi connectivity index (χ1v) is 17.8. The average molecular weight is 633 g/mol. The van der Waals surface area contributed by atoms with Crippen molar-refractivity contribution in [2.24, 2.45) is 17.1 Å². The van der Waals surface area contributed by atoms with Crippen LogP contribution in [0.25, 0.3) is 21.5 Å². The van der Waals surface area contributed by atoms with Gasteiger partial charge in [-0.2, -0.15) is 0 Å². The van der Waals surface area contributed by atoms with Crippen LogP contribution in [0, 0.1) is 11.3 Å². The molecule has 3 aliphatic rings. The van der Waals surface area contributed by atoms with Gasteiger partial charge >= 0.3 is 6.03 Å². The van der Waals surface area contributed by atoms with Crippen molar-refractivity contribution >= 4 is 33.5 Å². The monoisotopic (exact) mass is 632 g/mol. The fourth-order valence-corrected chi connectivity index (χ4v) is 9.90. The second-order valence-electron chi connectivity index (χ2n) is 14.8. The minimum absolute atomic E-state index is 0.327.